The Kier molecular flexibility index (Phi) is 4.01. The van der Waals surface area contributed by atoms with Gasteiger partial charge in [0.15, 0.2) is 0 Å². The molecule has 110 valence electrons. The largest absolute Gasteiger partial charge is 0.350 e. The second-order valence-electron chi connectivity index (χ2n) is 5.58. The Bertz CT molecular complexity index is 608. The van der Waals surface area contributed by atoms with Gasteiger partial charge in [-0.25, -0.2) is 4.98 Å². The highest BCUT2D eigenvalue weighted by Gasteiger charge is 2.24. The van der Waals surface area contributed by atoms with Crippen molar-refractivity contribution in [3.05, 3.63) is 54.1 Å². The van der Waals surface area contributed by atoms with E-state index < -0.39 is 0 Å². The number of benzene rings is 1. The summed E-state index contributed by atoms with van der Waals surface area (Å²) >= 11 is 0. The van der Waals surface area contributed by atoms with E-state index in [1.54, 1.807) is 12.5 Å². The molecular formula is C16H20N4O. The lowest BCUT2D eigenvalue weighted by Gasteiger charge is -2.26. The number of aromatic nitrogens is 2. The van der Waals surface area contributed by atoms with Crippen LogP contribution in [0.25, 0.3) is 0 Å². The number of nitrogens with zero attached hydrogens (tertiary/aromatic N) is 2. The highest BCUT2D eigenvalue weighted by atomic mass is 16.2. The molecule has 0 radical (unpaired) electrons. The number of fused-ring (bicyclic) bond motifs is 1. The highest BCUT2D eigenvalue weighted by molar-refractivity contribution is 5.82. The van der Waals surface area contributed by atoms with Crippen LogP contribution in [-0.4, -0.2) is 27.5 Å². The minimum absolute atomic E-state index is 0.0668. The van der Waals surface area contributed by atoms with Gasteiger partial charge in [-0.2, -0.15) is 0 Å². The molecule has 1 aliphatic rings. The van der Waals surface area contributed by atoms with E-state index in [0.717, 1.165) is 19.5 Å². The molecule has 1 aromatic heterocycles. The van der Waals surface area contributed by atoms with Gasteiger partial charge in [-0.15, -0.1) is 0 Å². The summed E-state index contributed by atoms with van der Waals surface area (Å²) in [4.78, 5) is 16.4. The fourth-order valence-corrected chi connectivity index (χ4v) is 2.74. The monoisotopic (exact) mass is 284 g/mol. The molecule has 0 fully saturated rings. The number of hydrogen-bond donors (Lipinski definition) is 2. The lowest BCUT2D eigenvalue weighted by molar-refractivity contribution is -0.124. The molecule has 2 aromatic rings. The first kappa shape index (κ1) is 13.8. The summed E-state index contributed by atoms with van der Waals surface area (Å²) in [6.07, 6.45) is 6.16. The first-order chi connectivity index (χ1) is 10.2. The quantitative estimate of drug-likeness (QED) is 0.884. The zero-order valence-electron chi connectivity index (χ0n) is 12.1. The first-order valence-corrected chi connectivity index (χ1v) is 7.28. The normalized spacial score (nSPS) is 18.8. The summed E-state index contributed by atoms with van der Waals surface area (Å²) in [6, 6.07) is 8.20. The van der Waals surface area contributed by atoms with E-state index in [4.69, 9.17) is 0 Å². The molecule has 0 spiro atoms. The molecule has 1 aliphatic heterocycles. The maximum atomic E-state index is 12.3. The fourth-order valence-electron chi connectivity index (χ4n) is 2.74. The van der Waals surface area contributed by atoms with Crippen molar-refractivity contribution in [2.75, 3.05) is 0 Å². The lowest BCUT2D eigenvalue weighted by atomic mass is 9.95. The van der Waals surface area contributed by atoms with Crippen LogP contribution in [0.4, 0.5) is 0 Å². The van der Waals surface area contributed by atoms with Crippen LogP contribution in [0.1, 0.15) is 18.1 Å². The predicted octanol–water partition coefficient (Wildman–Crippen LogP) is 1.10. The number of carbonyl (C=O) groups excluding carboxylic acids is 1. The average molecular weight is 284 g/mol. The van der Waals surface area contributed by atoms with Crippen LogP contribution in [0.3, 0.4) is 0 Å². The number of imidazole rings is 1. The number of amides is 1. The van der Waals surface area contributed by atoms with Crippen molar-refractivity contribution in [3.8, 4) is 0 Å². The molecule has 0 saturated heterocycles. The highest BCUT2D eigenvalue weighted by Crippen LogP contribution is 2.16. The Morgan fingerprint density at radius 2 is 2.29 bits per heavy atom. The minimum atomic E-state index is -0.148. The number of hydrogen-bond acceptors (Lipinski definition) is 3. The molecule has 0 aliphatic carbocycles. The van der Waals surface area contributed by atoms with Crippen LogP contribution >= 0.6 is 0 Å². The van der Waals surface area contributed by atoms with Crippen LogP contribution in [-0.2, 0) is 24.3 Å². The molecule has 0 saturated carbocycles. The molecule has 1 unspecified atom stereocenters. The Balaban J connectivity index is 1.56. The standard InChI is InChI=1S/C16H20N4O/c1-12(10-20-7-6-17-11-20)19-16(21)15-8-13-4-2-3-5-14(13)9-18-15/h2-7,11-12,15,18H,8-10H2,1H3,(H,19,21)/t12?,15-/m1/s1. The van der Waals surface area contributed by atoms with E-state index in [9.17, 15) is 4.79 Å². The van der Waals surface area contributed by atoms with Gasteiger partial charge in [-0.05, 0) is 24.5 Å². The third-order valence-corrected chi connectivity index (χ3v) is 3.83. The SMILES string of the molecule is CC(Cn1ccnc1)NC(=O)[C@H]1Cc2ccccc2CN1. The maximum absolute atomic E-state index is 12.3. The number of carbonyl (C=O) groups is 1. The molecule has 21 heavy (non-hydrogen) atoms. The molecule has 3 rings (SSSR count). The van der Waals surface area contributed by atoms with E-state index in [0.29, 0.717) is 0 Å². The van der Waals surface area contributed by atoms with Gasteiger partial charge in [0.05, 0.1) is 12.4 Å². The van der Waals surface area contributed by atoms with E-state index in [1.165, 1.54) is 11.1 Å². The second-order valence-corrected chi connectivity index (χ2v) is 5.58. The molecule has 0 bridgehead atoms. The smallest absolute Gasteiger partial charge is 0.237 e. The molecule has 5 nitrogen and oxygen atoms in total. The minimum Gasteiger partial charge on any atom is -0.350 e. The van der Waals surface area contributed by atoms with Crippen molar-refractivity contribution in [3.63, 3.8) is 0 Å². The van der Waals surface area contributed by atoms with Gasteiger partial charge in [0, 0.05) is 31.5 Å². The van der Waals surface area contributed by atoms with Crippen molar-refractivity contribution in [1.82, 2.24) is 20.2 Å². The summed E-state index contributed by atoms with van der Waals surface area (Å²) in [5.41, 5.74) is 2.55. The van der Waals surface area contributed by atoms with Gasteiger partial charge < -0.3 is 15.2 Å². The van der Waals surface area contributed by atoms with Crippen molar-refractivity contribution in [1.29, 1.82) is 0 Å². The first-order valence-electron chi connectivity index (χ1n) is 7.28. The summed E-state index contributed by atoms with van der Waals surface area (Å²) < 4.78 is 1.97. The molecular weight excluding hydrogens is 264 g/mol. The van der Waals surface area contributed by atoms with Crippen molar-refractivity contribution < 1.29 is 4.79 Å². The van der Waals surface area contributed by atoms with Gasteiger partial charge >= 0.3 is 0 Å². The van der Waals surface area contributed by atoms with Crippen molar-refractivity contribution in [2.24, 2.45) is 0 Å². The Labute approximate surface area is 124 Å². The van der Waals surface area contributed by atoms with E-state index >= 15 is 0 Å². The van der Waals surface area contributed by atoms with E-state index in [2.05, 4.69) is 27.8 Å². The Hall–Kier alpha value is -2.14. The maximum Gasteiger partial charge on any atom is 0.237 e. The zero-order valence-corrected chi connectivity index (χ0v) is 12.1. The molecule has 2 atom stereocenters. The topological polar surface area (TPSA) is 59.0 Å². The van der Waals surface area contributed by atoms with Crippen molar-refractivity contribution >= 4 is 5.91 Å². The predicted molar refractivity (Wildman–Crippen MR) is 80.6 cm³/mol. The number of rotatable bonds is 4. The van der Waals surface area contributed by atoms with E-state index in [1.807, 2.05) is 29.8 Å². The summed E-state index contributed by atoms with van der Waals surface area (Å²) in [7, 11) is 0. The van der Waals surface area contributed by atoms with Crippen LogP contribution < -0.4 is 10.6 Å². The second kappa shape index (κ2) is 6.10. The molecule has 1 amide bonds. The summed E-state index contributed by atoms with van der Waals surface area (Å²) in [5.74, 6) is 0.0668. The van der Waals surface area contributed by atoms with Crippen LogP contribution in [0, 0.1) is 0 Å². The molecule has 2 N–H and O–H groups in total. The average Bonchev–Trinajstić information content (AvgIpc) is 2.99. The van der Waals surface area contributed by atoms with Crippen LogP contribution in [0.5, 0.6) is 0 Å². The third kappa shape index (κ3) is 3.31. The molecule has 5 heteroatoms. The molecule has 1 aromatic carbocycles. The Morgan fingerprint density at radius 3 is 3.05 bits per heavy atom. The van der Waals surface area contributed by atoms with E-state index in [-0.39, 0.29) is 18.0 Å². The van der Waals surface area contributed by atoms with Crippen molar-refractivity contribution in [2.45, 2.75) is 38.5 Å². The lowest BCUT2D eigenvalue weighted by Crippen LogP contribution is -2.50. The van der Waals surface area contributed by atoms with Crippen LogP contribution in [0.2, 0.25) is 0 Å². The van der Waals surface area contributed by atoms with Gasteiger partial charge in [0.25, 0.3) is 0 Å². The third-order valence-electron chi connectivity index (χ3n) is 3.83. The Morgan fingerprint density at radius 1 is 1.48 bits per heavy atom. The summed E-state index contributed by atoms with van der Waals surface area (Å²) in [5, 5.41) is 6.38. The number of nitrogens with one attached hydrogen (secondary N) is 2. The van der Waals surface area contributed by atoms with Gasteiger partial charge in [-0.1, -0.05) is 24.3 Å². The van der Waals surface area contributed by atoms with Gasteiger partial charge in [-0.3, -0.25) is 4.79 Å². The molecule has 2 heterocycles. The van der Waals surface area contributed by atoms with Crippen LogP contribution in [0.15, 0.2) is 43.0 Å². The fraction of sp³-hybridized carbons (Fsp3) is 0.375. The zero-order chi connectivity index (χ0) is 14.7. The van der Waals surface area contributed by atoms with Gasteiger partial charge in [0.1, 0.15) is 0 Å². The summed E-state index contributed by atoms with van der Waals surface area (Å²) in [6.45, 7) is 3.49. The van der Waals surface area contributed by atoms with Gasteiger partial charge in [0.2, 0.25) is 5.91 Å².